The van der Waals surface area contributed by atoms with E-state index in [1.165, 1.54) is 0 Å². The van der Waals surface area contributed by atoms with Gasteiger partial charge in [0, 0.05) is 18.5 Å². The number of hydrogen-bond donors (Lipinski definition) is 2. The van der Waals surface area contributed by atoms with Gasteiger partial charge in [0.2, 0.25) is 0 Å². The summed E-state index contributed by atoms with van der Waals surface area (Å²) in [5.41, 5.74) is 4.14. The first kappa shape index (κ1) is 23.2. The summed E-state index contributed by atoms with van der Waals surface area (Å²) in [6, 6.07) is 3.63. The molecule has 1 amide bonds. The van der Waals surface area contributed by atoms with Gasteiger partial charge in [0.1, 0.15) is 5.75 Å². The first-order valence-electron chi connectivity index (χ1n) is 9.70. The maximum absolute atomic E-state index is 12.8. The zero-order chi connectivity index (χ0) is 21.4. The standard InChI is InChI=1S/C20H28BrN3O5/c1-4-7-8-24-15-10-14(21)17(29-12-18(25)23-22)9-13(15)19(20(26)28-6-3)16(24)11-27-5-2/h9-10H,4-8,11-12,22H2,1-3H3,(H,23,25). The Labute approximate surface area is 178 Å². The Balaban J connectivity index is 2.65. The van der Waals surface area contributed by atoms with Crippen molar-refractivity contribution in [1.82, 2.24) is 9.99 Å². The fourth-order valence-electron chi connectivity index (χ4n) is 3.05. The maximum Gasteiger partial charge on any atom is 0.340 e. The molecule has 0 fully saturated rings. The molecule has 9 heteroatoms. The van der Waals surface area contributed by atoms with Crippen LogP contribution in [0.3, 0.4) is 0 Å². The largest absolute Gasteiger partial charge is 0.483 e. The van der Waals surface area contributed by atoms with Crippen LogP contribution in [0.2, 0.25) is 0 Å². The fraction of sp³-hybridized carbons (Fsp3) is 0.500. The number of hydrogen-bond acceptors (Lipinski definition) is 6. The second-order valence-corrected chi connectivity index (χ2v) is 7.19. The smallest absolute Gasteiger partial charge is 0.340 e. The van der Waals surface area contributed by atoms with Gasteiger partial charge in [0.25, 0.3) is 5.91 Å². The number of hydrazine groups is 1. The summed E-state index contributed by atoms with van der Waals surface area (Å²) in [5.74, 6) is 4.68. The van der Waals surface area contributed by atoms with Crippen molar-refractivity contribution in [1.29, 1.82) is 0 Å². The van der Waals surface area contributed by atoms with Gasteiger partial charge in [-0.05, 0) is 48.3 Å². The number of aromatic nitrogens is 1. The lowest BCUT2D eigenvalue weighted by atomic mass is 10.1. The number of nitrogens with one attached hydrogen (secondary N) is 1. The molecule has 0 saturated carbocycles. The highest BCUT2D eigenvalue weighted by atomic mass is 79.9. The van der Waals surface area contributed by atoms with Crippen LogP contribution >= 0.6 is 15.9 Å². The van der Waals surface area contributed by atoms with Crippen LogP contribution in [0.5, 0.6) is 5.75 Å². The molecule has 0 spiro atoms. The number of benzene rings is 1. The molecule has 0 bridgehead atoms. The minimum absolute atomic E-state index is 0.238. The number of fused-ring (bicyclic) bond motifs is 1. The number of halogens is 1. The Bertz CT molecular complexity index is 866. The number of ether oxygens (including phenoxy) is 3. The molecule has 1 heterocycles. The highest BCUT2D eigenvalue weighted by Crippen LogP contribution is 2.36. The Kier molecular flexibility index (Phi) is 8.94. The molecule has 0 aliphatic carbocycles. The second-order valence-electron chi connectivity index (χ2n) is 6.34. The van der Waals surface area contributed by atoms with Crippen LogP contribution < -0.4 is 16.0 Å². The van der Waals surface area contributed by atoms with Crippen molar-refractivity contribution in [3.05, 3.63) is 27.9 Å². The monoisotopic (exact) mass is 469 g/mol. The Morgan fingerprint density at radius 1 is 1.21 bits per heavy atom. The van der Waals surface area contributed by atoms with Crippen molar-refractivity contribution in [2.24, 2.45) is 5.84 Å². The number of unbranched alkanes of at least 4 members (excludes halogenated alkanes) is 1. The number of aryl methyl sites for hydroxylation is 1. The molecule has 0 aliphatic rings. The van der Waals surface area contributed by atoms with Crippen molar-refractivity contribution in [3.8, 4) is 5.75 Å². The van der Waals surface area contributed by atoms with Crippen LogP contribution in [0.15, 0.2) is 16.6 Å². The van der Waals surface area contributed by atoms with Gasteiger partial charge in [-0.15, -0.1) is 0 Å². The number of esters is 1. The van der Waals surface area contributed by atoms with Crippen molar-refractivity contribution < 1.29 is 23.8 Å². The van der Waals surface area contributed by atoms with E-state index in [-0.39, 0.29) is 13.2 Å². The molecule has 3 N–H and O–H groups in total. The third-order valence-electron chi connectivity index (χ3n) is 4.40. The van der Waals surface area contributed by atoms with E-state index < -0.39 is 11.9 Å². The average Bonchev–Trinajstić information content (AvgIpc) is 3.00. The van der Waals surface area contributed by atoms with E-state index in [1.807, 2.05) is 18.4 Å². The van der Waals surface area contributed by atoms with Crippen molar-refractivity contribution in [2.45, 2.75) is 46.8 Å². The zero-order valence-corrected chi connectivity index (χ0v) is 18.6. The summed E-state index contributed by atoms with van der Waals surface area (Å²) in [4.78, 5) is 24.3. The molecule has 0 saturated heterocycles. The normalized spacial score (nSPS) is 10.9. The summed E-state index contributed by atoms with van der Waals surface area (Å²) in [7, 11) is 0. The first-order valence-corrected chi connectivity index (χ1v) is 10.5. The quantitative estimate of drug-likeness (QED) is 0.226. The third-order valence-corrected chi connectivity index (χ3v) is 5.02. The van der Waals surface area contributed by atoms with Gasteiger partial charge in [-0.25, -0.2) is 10.6 Å². The predicted molar refractivity (Wildman–Crippen MR) is 114 cm³/mol. The maximum atomic E-state index is 12.8. The predicted octanol–water partition coefficient (Wildman–Crippen LogP) is 3.29. The van der Waals surface area contributed by atoms with Gasteiger partial charge in [0.15, 0.2) is 6.61 Å². The van der Waals surface area contributed by atoms with Gasteiger partial charge in [-0.3, -0.25) is 10.2 Å². The summed E-state index contributed by atoms with van der Waals surface area (Å²) in [6.45, 7) is 7.40. The number of nitrogens with two attached hydrogens (primary N) is 1. The number of nitrogens with zero attached hydrogens (tertiary/aromatic N) is 1. The number of carbonyl (C=O) groups is 2. The highest BCUT2D eigenvalue weighted by molar-refractivity contribution is 9.10. The summed E-state index contributed by atoms with van der Waals surface area (Å²) in [6.07, 6.45) is 1.97. The average molecular weight is 470 g/mol. The van der Waals surface area contributed by atoms with Gasteiger partial charge in [-0.2, -0.15) is 0 Å². The highest BCUT2D eigenvalue weighted by Gasteiger charge is 2.25. The molecule has 160 valence electrons. The molecule has 0 radical (unpaired) electrons. The molecule has 2 aromatic rings. The van der Waals surface area contributed by atoms with E-state index in [2.05, 4.69) is 27.4 Å². The van der Waals surface area contributed by atoms with Crippen LogP contribution in [-0.4, -0.2) is 36.3 Å². The lowest BCUT2D eigenvalue weighted by Crippen LogP contribution is -2.34. The molecule has 1 aromatic carbocycles. The Hall–Kier alpha value is -2.10. The van der Waals surface area contributed by atoms with E-state index in [0.29, 0.717) is 34.4 Å². The van der Waals surface area contributed by atoms with Crippen LogP contribution in [0.4, 0.5) is 0 Å². The molecular weight excluding hydrogens is 442 g/mol. The van der Waals surface area contributed by atoms with Crippen molar-refractivity contribution in [3.63, 3.8) is 0 Å². The molecule has 2 rings (SSSR count). The molecule has 1 aromatic heterocycles. The third kappa shape index (κ3) is 5.49. The Morgan fingerprint density at radius 3 is 2.59 bits per heavy atom. The minimum Gasteiger partial charge on any atom is -0.483 e. The fourth-order valence-corrected chi connectivity index (χ4v) is 3.50. The van der Waals surface area contributed by atoms with Gasteiger partial charge in [-0.1, -0.05) is 13.3 Å². The second kappa shape index (κ2) is 11.2. The molecule has 0 unspecified atom stereocenters. The number of rotatable bonds is 11. The zero-order valence-electron chi connectivity index (χ0n) is 17.0. The van der Waals surface area contributed by atoms with Gasteiger partial charge >= 0.3 is 5.97 Å². The van der Waals surface area contributed by atoms with E-state index in [9.17, 15) is 9.59 Å². The van der Waals surface area contributed by atoms with E-state index >= 15 is 0 Å². The van der Waals surface area contributed by atoms with E-state index in [0.717, 1.165) is 30.6 Å². The lowest BCUT2D eigenvalue weighted by Gasteiger charge is -2.12. The SMILES string of the molecule is CCCCn1c(COCC)c(C(=O)OCC)c2cc(OCC(=O)NN)c(Br)cc21. The van der Waals surface area contributed by atoms with Crippen LogP contribution in [0, 0.1) is 0 Å². The molecule has 29 heavy (non-hydrogen) atoms. The van der Waals surface area contributed by atoms with Gasteiger partial charge in [0.05, 0.1) is 34.5 Å². The van der Waals surface area contributed by atoms with E-state index in [4.69, 9.17) is 20.1 Å². The minimum atomic E-state index is -0.458. The van der Waals surface area contributed by atoms with E-state index in [1.54, 1.807) is 13.0 Å². The van der Waals surface area contributed by atoms with Crippen molar-refractivity contribution >= 4 is 38.7 Å². The topological polar surface area (TPSA) is 105 Å². The van der Waals surface area contributed by atoms with Crippen LogP contribution in [0.25, 0.3) is 10.9 Å². The van der Waals surface area contributed by atoms with Crippen molar-refractivity contribution in [2.75, 3.05) is 19.8 Å². The molecule has 8 nitrogen and oxygen atoms in total. The molecular formula is C20H28BrN3O5. The molecule has 0 aliphatic heterocycles. The van der Waals surface area contributed by atoms with Crippen LogP contribution in [0.1, 0.15) is 49.7 Å². The van der Waals surface area contributed by atoms with Gasteiger partial charge < -0.3 is 18.8 Å². The first-order chi connectivity index (χ1) is 14.0. The summed E-state index contributed by atoms with van der Waals surface area (Å²) < 4.78 is 19.3. The van der Waals surface area contributed by atoms with Crippen LogP contribution in [-0.2, 0) is 27.4 Å². The number of amides is 1. The number of carbonyl (C=O) groups excluding carboxylic acids is 2. The Morgan fingerprint density at radius 2 is 1.97 bits per heavy atom. The lowest BCUT2D eigenvalue weighted by molar-refractivity contribution is -0.123. The summed E-state index contributed by atoms with van der Waals surface area (Å²) in [5, 5.41) is 0.695. The summed E-state index contributed by atoms with van der Waals surface area (Å²) >= 11 is 3.50. The molecule has 0 atom stereocenters.